The van der Waals surface area contributed by atoms with Crippen molar-refractivity contribution in [2.24, 2.45) is 0 Å². The largest absolute Gasteiger partial charge is 0.477 e. The van der Waals surface area contributed by atoms with Crippen LogP contribution in [0.1, 0.15) is 20.8 Å². The summed E-state index contributed by atoms with van der Waals surface area (Å²) in [6.45, 7) is 1.71. The molecule has 0 saturated heterocycles. The Labute approximate surface area is 113 Å². The molecule has 0 bridgehead atoms. The van der Waals surface area contributed by atoms with Crippen LogP contribution in [0.5, 0.6) is 0 Å². The third kappa shape index (κ3) is 3.38. The molecule has 2 heterocycles. The number of nitrogens with zero attached hydrogens (tertiary/aromatic N) is 1. The molecule has 98 valence electrons. The van der Waals surface area contributed by atoms with Gasteiger partial charge in [-0.3, -0.25) is 9.78 Å². The second kappa shape index (κ2) is 5.62. The number of aromatic nitrogens is 1. The molecule has 5 nitrogen and oxygen atoms in total. The Morgan fingerprint density at radius 1 is 1.37 bits per heavy atom. The van der Waals surface area contributed by atoms with E-state index in [1.165, 1.54) is 0 Å². The lowest BCUT2D eigenvalue weighted by atomic mass is 10.2. The van der Waals surface area contributed by atoms with Crippen molar-refractivity contribution in [3.05, 3.63) is 46.6 Å². The van der Waals surface area contributed by atoms with E-state index in [1.54, 1.807) is 37.5 Å². The van der Waals surface area contributed by atoms with Crippen molar-refractivity contribution in [2.45, 2.75) is 13.3 Å². The Morgan fingerprint density at radius 2 is 2.05 bits per heavy atom. The number of rotatable bonds is 4. The fourth-order valence-corrected chi connectivity index (χ4v) is 2.55. The molecule has 2 N–H and O–H groups in total. The van der Waals surface area contributed by atoms with Gasteiger partial charge in [-0.25, -0.2) is 4.79 Å². The van der Waals surface area contributed by atoms with Crippen molar-refractivity contribution in [3.8, 4) is 0 Å². The highest BCUT2D eigenvalue weighted by atomic mass is 32.1. The van der Waals surface area contributed by atoms with E-state index in [0.717, 1.165) is 16.9 Å². The molecule has 0 spiro atoms. The van der Waals surface area contributed by atoms with Crippen molar-refractivity contribution < 1.29 is 14.7 Å². The smallest absolute Gasteiger partial charge is 0.346 e. The summed E-state index contributed by atoms with van der Waals surface area (Å²) in [5, 5.41) is 12.2. The molecule has 0 aliphatic rings. The topological polar surface area (TPSA) is 79.3 Å². The van der Waals surface area contributed by atoms with Crippen LogP contribution in [0.3, 0.4) is 0 Å². The van der Waals surface area contributed by atoms with E-state index < -0.39 is 5.97 Å². The van der Waals surface area contributed by atoms with Gasteiger partial charge in [-0.15, -0.1) is 11.3 Å². The molecular weight excluding hydrogens is 264 g/mol. The number of aromatic carboxylic acids is 1. The van der Waals surface area contributed by atoms with Crippen LogP contribution in [-0.4, -0.2) is 22.0 Å². The van der Waals surface area contributed by atoms with Crippen molar-refractivity contribution >= 4 is 28.2 Å². The van der Waals surface area contributed by atoms with E-state index >= 15 is 0 Å². The number of carboxylic acid groups (broad SMARTS) is 1. The van der Waals surface area contributed by atoms with Gasteiger partial charge in [0.15, 0.2) is 0 Å². The normalized spacial score (nSPS) is 10.2. The number of amides is 1. The molecule has 2 rings (SSSR count). The van der Waals surface area contributed by atoms with Gasteiger partial charge in [0.05, 0.1) is 11.4 Å². The molecule has 0 aromatic carbocycles. The Kier molecular flexibility index (Phi) is 3.91. The lowest BCUT2D eigenvalue weighted by Gasteiger charge is -2.01. The Morgan fingerprint density at radius 3 is 2.63 bits per heavy atom. The van der Waals surface area contributed by atoms with E-state index in [4.69, 9.17) is 5.11 Å². The van der Waals surface area contributed by atoms with E-state index in [0.29, 0.717) is 10.6 Å². The molecule has 0 aliphatic heterocycles. The van der Waals surface area contributed by atoms with Gasteiger partial charge in [-0.2, -0.15) is 0 Å². The Bertz CT molecular complexity index is 608. The molecule has 6 heteroatoms. The van der Waals surface area contributed by atoms with E-state index in [1.807, 2.05) is 0 Å². The highest BCUT2D eigenvalue weighted by Crippen LogP contribution is 2.26. The number of thiophene rings is 1. The summed E-state index contributed by atoms with van der Waals surface area (Å²) < 4.78 is 0. The molecule has 0 aliphatic carbocycles. The second-order valence-corrected chi connectivity index (χ2v) is 5.06. The molecule has 1 amide bonds. The first-order valence-electron chi connectivity index (χ1n) is 5.58. The minimum Gasteiger partial charge on any atom is -0.477 e. The summed E-state index contributed by atoms with van der Waals surface area (Å²) in [5.74, 6) is -1.15. The summed E-state index contributed by atoms with van der Waals surface area (Å²) in [7, 11) is 0. The molecule has 19 heavy (non-hydrogen) atoms. The van der Waals surface area contributed by atoms with Crippen LogP contribution in [0.25, 0.3) is 0 Å². The number of pyridine rings is 1. The zero-order chi connectivity index (χ0) is 13.8. The number of carbonyl (C=O) groups is 2. The molecule has 0 saturated carbocycles. The van der Waals surface area contributed by atoms with Crippen molar-refractivity contribution in [1.29, 1.82) is 0 Å². The quantitative estimate of drug-likeness (QED) is 0.898. The summed E-state index contributed by atoms with van der Waals surface area (Å²) in [4.78, 5) is 26.8. The van der Waals surface area contributed by atoms with E-state index in [2.05, 4.69) is 10.3 Å². The monoisotopic (exact) mass is 276 g/mol. The number of hydrogen-bond donors (Lipinski definition) is 2. The average Bonchev–Trinajstić information content (AvgIpc) is 2.71. The third-order valence-corrected chi connectivity index (χ3v) is 3.63. The van der Waals surface area contributed by atoms with Crippen LogP contribution in [-0.2, 0) is 11.2 Å². The van der Waals surface area contributed by atoms with Gasteiger partial charge >= 0.3 is 5.97 Å². The van der Waals surface area contributed by atoms with Crippen molar-refractivity contribution in [1.82, 2.24) is 4.98 Å². The predicted molar refractivity (Wildman–Crippen MR) is 72.6 cm³/mol. The van der Waals surface area contributed by atoms with Crippen molar-refractivity contribution in [2.75, 3.05) is 5.32 Å². The van der Waals surface area contributed by atoms with Crippen molar-refractivity contribution in [3.63, 3.8) is 0 Å². The maximum absolute atomic E-state index is 11.8. The van der Waals surface area contributed by atoms with Gasteiger partial charge in [0.2, 0.25) is 5.91 Å². The van der Waals surface area contributed by atoms with Gasteiger partial charge in [0, 0.05) is 12.4 Å². The van der Waals surface area contributed by atoms with Gasteiger partial charge in [-0.1, -0.05) is 0 Å². The minimum absolute atomic E-state index is 0.176. The third-order valence-electron chi connectivity index (χ3n) is 2.49. The van der Waals surface area contributed by atoms with Gasteiger partial charge < -0.3 is 10.4 Å². The molecule has 0 atom stereocenters. The fourth-order valence-electron chi connectivity index (χ4n) is 1.62. The summed E-state index contributed by atoms with van der Waals surface area (Å²) >= 11 is 1.06. The number of hydrogen-bond acceptors (Lipinski definition) is 4. The number of aryl methyl sites for hydroxylation is 1. The van der Waals surface area contributed by atoms with Crippen LogP contribution in [0.15, 0.2) is 30.6 Å². The summed E-state index contributed by atoms with van der Waals surface area (Å²) in [6, 6.07) is 5.20. The first kappa shape index (κ1) is 13.2. The Balaban J connectivity index is 2.03. The zero-order valence-electron chi connectivity index (χ0n) is 10.2. The van der Waals surface area contributed by atoms with Crippen LogP contribution in [0.4, 0.5) is 5.00 Å². The van der Waals surface area contributed by atoms with Gasteiger partial charge in [-0.05, 0) is 36.2 Å². The fraction of sp³-hybridized carbons (Fsp3) is 0.154. The number of carbonyl (C=O) groups excluding carboxylic acids is 1. The SMILES string of the molecule is Cc1cc(NC(=O)Cc2ccncc2)sc1C(=O)O. The summed E-state index contributed by atoms with van der Waals surface area (Å²) in [5.41, 5.74) is 1.51. The highest BCUT2D eigenvalue weighted by molar-refractivity contribution is 7.18. The number of nitrogens with one attached hydrogen (secondary N) is 1. The average molecular weight is 276 g/mol. The first-order chi connectivity index (χ1) is 9.06. The maximum Gasteiger partial charge on any atom is 0.346 e. The Hall–Kier alpha value is -2.21. The summed E-state index contributed by atoms with van der Waals surface area (Å²) in [6.07, 6.45) is 3.49. The van der Waals surface area contributed by atoms with Crippen LogP contribution < -0.4 is 5.32 Å². The van der Waals surface area contributed by atoms with Gasteiger partial charge in [0.25, 0.3) is 0 Å². The van der Waals surface area contributed by atoms with Crippen LogP contribution in [0.2, 0.25) is 0 Å². The highest BCUT2D eigenvalue weighted by Gasteiger charge is 2.13. The minimum atomic E-state index is -0.975. The zero-order valence-corrected chi connectivity index (χ0v) is 11.0. The molecular formula is C13H12N2O3S. The lowest BCUT2D eigenvalue weighted by Crippen LogP contribution is -2.13. The van der Waals surface area contributed by atoms with Crippen LogP contribution >= 0.6 is 11.3 Å². The van der Waals surface area contributed by atoms with Gasteiger partial charge in [0.1, 0.15) is 4.88 Å². The lowest BCUT2D eigenvalue weighted by molar-refractivity contribution is -0.115. The second-order valence-electron chi connectivity index (χ2n) is 4.01. The molecule has 2 aromatic rings. The maximum atomic E-state index is 11.8. The van der Waals surface area contributed by atoms with Crippen LogP contribution in [0, 0.1) is 6.92 Å². The number of carboxylic acids is 1. The number of anilines is 1. The molecule has 0 radical (unpaired) electrons. The van der Waals surface area contributed by atoms with E-state index in [-0.39, 0.29) is 17.2 Å². The molecule has 0 fully saturated rings. The molecule has 2 aromatic heterocycles. The standard InChI is InChI=1S/C13H12N2O3S/c1-8-6-11(19-12(8)13(17)18)15-10(16)7-9-2-4-14-5-3-9/h2-6H,7H2,1H3,(H,15,16)(H,17,18). The predicted octanol–water partition coefficient (Wildman–Crippen LogP) is 2.33. The first-order valence-corrected chi connectivity index (χ1v) is 6.40. The molecule has 0 unspecified atom stereocenters. The van der Waals surface area contributed by atoms with E-state index in [9.17, 15) is 9.59 Å².